The van der Waals surface area contributed by atoms with Gasteiger partial charge >= 0.3 is 0 Å². The predicted molar refractivity (Wildman–Crippen MR) is 77.0 cm³/mol. The molecule has 0 unspecified atom stereocenters. The number of hydrogen-bond donors (Lipinski definition) is 1. The van der Waals surface area contributed by atoms with Crippen molar-refractivity contribution in [2.75, 3.05) is 6.54 Å². The molecule has 1 fully saturated rings. The van der Waals surface area contributed by atoms with Gasteiger partial charge in [0.25, 0.3) is 0 Å². The van der Waals surface area contributed by atoms with Crippen molar-refractivity contribution in [3.8, 4) is 0 Å². The van der Waals surface area contributed by atoms with Gasteiger partial charge in [0.2, 0.25) is 0 Å². The average Bonchev–Trinajstić information content (AvgIpc) is 2.40. The van der Waals surface area contributed by atoms with Crippen molar-refractivity contribution in [3.05, 3.63) is 34.1 Å². The first-order valence-corrected chi connectivity index (χ1v) is 7.70. The van der Waals surface area contributed by atoms with Crippen molar-refractivity contribution in [2.45, 2.75) is 45.1 Å². The minimum Gasteiger partial charge on any atom is -0.313 e. The Morgan fingerprint density at radius 1 is 1.22 bits per heavy atom. The second kappa shape index (κ2) is 7.25. The molecule has 0 spiro atoms. The molecule has 3 heteroatoms. The van der Waals surface area contributed by atoms with Gasteiger partial charge in [-0.15, -0.1) is 0 Å². The smallest absolute Gasteiger partial charge is 0.137 e. The van der Waals surface area contributed by atoms with Crippen LogP contribution in [0.3, 0.4) is 0 Å². The number of halogens is 2. The Morgan fingerprint density at radius 3 is 2.78 bits per heavy atom. The normalized spacial score (nSPS) is 17.0. The minimum atomic E-state index is -0.179. The molecule has 0 bridgehead atoms. The molecule has 1 N–H and O–H groups in total. The summed E-state index contributed by atoms with van der Waals surface area (Å²) in [5, 5.41) is 3.42. The topological polar surface area (TPSA) is 12.0 Å². The van der Waals surface area contributed by atoms with Crippen LogP contribution in [-0.4, -0.2) is 6.54 Å². The summed E-state index contributed by atoms with van der Waals surface area (Å²) in [5.74, 6) is 0.726. The van der Waals surface area contributed by atoms with E-state index in [-0.39, 0.29) is 5.82 Å². The molecule has 1 nitrogen and oxygen atoms in total. The Balaban J connectivity index is 1.70. The zero-order chi connectivity index (χ0) is 12.8. The summed E-state index contributed by atoms with van der Waals surface area (Å²) in [6.45, 7) is 1.78. The lowest BCUT2D eigenvalue weighted by atomic mass is 9.87. The first-order valence-electron chi connectivity index (χ1n) is 6.91. The van der Waals surface area contributed by atoms with Crippen molar-refractivity contribution < 1.29 is 4.39 Å². The predicted octanol–water partition coefficient (Wildman–Crippen LogP) is 4.65. The minimum absolute atomic E-state index is 0.179. The van der Waals surface area contributed by atoms with E-state index >= 15 is 0 Å². The zero-order valence-corrected chi connectivity index (χ0v) is 12.3. The van der Waals surface area contributed by atoms with Crippen molar-refractivity contribution in [2.24, 2.45) is 5.92 Å². The fraction of sp³-hybridized carbons (Fsp3) is 0.600. The molecule has 0 aliphatic heterocycles. The fourth-order valence-electron chi connectivity index (χ4n) is 2.69. The summed E-state index contributed by atoms with van der Waals surface area (Å²) in [5.41, 5.74) is 0.999. The molecule has 1 aromatic rings. The van der Waals surface area contributed by atoms with E-state index in [9.17, 15) is 4.39 Å². The summed E-state index contributed by atoms with van der Waals surface area (Å²) >= 11 is 3.29. The number of benzene rings is 1. The SMILES string of the molecule is Fc1cccc(CNCCC2CCCCC2)c1Br. The molecular formula is C15H21BrFN. The molecule has 1 aliphatic carbocycles. The van der Waals surface area contributed by atoms with E-state index in [2.05, 4.69) is 21.2 Å². The van der Waals surface area contributed by atoms with Crippen molar-refractivity contribution in [3.63, 3.8) is 0 Å². The number of nitrogens with one attached hydrogen (secondary N) is 1. The maximum Gasteiger partial charge on any atom is 0.137 e. The van der Waals surface area contributed by atoms with Crippen LogP contribution in [0.2, 0.25) is 0 Å². The molecule has 0 saturated heterocycles. The molecular weight excluding hydrogens is 293 g/mol. The Morgan fingerprint density at radius 2 is 2.00 bits per heavy atom. The van der Waals surface area contributed by atoms with Crippen molar-refractivity contribution >= 4 is 15.9 Å². The van der Waals surface area contributed by atoms with E-state index in [0.717, 1.165) is 24.6 Å². The molecule has 2 rings (SSSR count). The fourth-order valence-corrected chi connectivity index (χ4v) is 3.09. The van der Waals surface area contributed by atoms with E-state index in [4.69, 9.17) is 0 Å². The van der Waals surface area contributed by atoms with Gasteiger partial charge in [0, 0.05) is 6.54 Å². The zero-order valence-electron chi connectivity index (χ0n) is 10.7. The van der Waals surface area contributed by atoms with E-state index in [1.54, 1.807) is 6.07 Å². The Labute approximate surface area is 117 Å². The highest BCUT2D eigenvalue weighted by Crippen LogP contribution is 2.26. The largest absolute Gasteiger partial charge is 0.313 e. The quantitative estimate of drug-likeness (QED) is 0.780. The first kappa shape index (κ1) is 14.0. The van der Waals surface area contributed by atoms with E-state index in [1.807, 2.05) is 6.07 Å². The number of rotatable bonds is 5. The lowest BCUT2D eigenvalue weighted by molar-refractivity contribution is 0.334. The molecule has 1 aromatic carbocycles. The van der Waals surface area contributed by atoms with Crippen LogP contribution in [0.25, 0.3) is 0 Å². The second-order valence-corrected chi connectivity index (χ2v) is 5.98. The van der Waals surface area contributed by atoms with Crippen molar-refractivity contribution in [1.82, 2.24) is 5.32 Å². The molecule has 1 aliphatic rings. The summed E-state index contributed by atoms with van der Waals surface area (Å²) in [4.78, 5) is 0. The van der Waals surface area contributed by atoms with Crippen LogP contribution in [-0.2, 0) is 6.54 Å². The molecule has 0 amide bonds. The monoisotopic (exact) mass is 313 g/mol. The van der Waals surface area contributed by atoms with Crippen LogP contribution in [0.1, 0.15) is 44.1 Å². The van der Waals surface area contributed by atoms with Gasteiger partial charge in [0.15, 0.2) is 0 Å². The molecule has 0 heterocycles. The Bertz CT molecular complexity index is 375. The van der Waals surface area contributed by atoms with Gasteiger partial charge in [0.05, 0.1) is 4.47 Å². The van der Waals surface area contributed by atoms with Crippen LogP contribution in [0, 0.1) is 11.7 Å². The summed E-state index contributed by atoms with van der Waals surface area (Å²) in [6, 6.07) is 5.20. The molecule has 18 heavy (non-hydrogen) atoms. The molecule has 0 aromatic heterocycles. The standard InChI is InChI=1S/C15H21BrFN/c16-15-13(7-4-8-14(15)17)11-18-10-9-12-5-2-1-3-6-12/h4,7-8,12,18H,1-3,5-6,9-11H2. The van der Waals surface area contributed by atoms with E-state index in [1.165, 1.54) is 44.6 Å². The molecule has 100 valence electrons. The maximum atomic E-state index is 13.3. The summed E-state index contributed by atoms with van der Waals surface area (Å²) in [6.07, 6.45) is 8.27. The van der Waals surface area contributed by atoms with E-state index in [0.29, 0.717) is 4.47 Å². The van der Waals surface area contributed by atoms with Gasteiger partial charge < -0.3 is 5.32 Å². The summed E-state index contributed by atoms with van der Waals surface area (Å²) in [7, 11) is 0. The lowest BCUT2D eigenvalue weighted by Crippen LogP contribution is -2.19. The van der Waals surface area contributed by atoms with Crippen molar-refractivity contribution in [1.29, 1.82) is 0 Å². The third-order valence-electron chi connectivity index (χ3n) is 3.80. The Kier molecular flexibility index (Phi) is 5.64. The lowest BCUT2D eigenvalue weighted by Gasteiger charge is -2.21. The number of hydrogen-bond acceptors (Lipinski definition) is 1. The highest BCUT2D eigenvalue weighted by atomic mass is 79.9. The van der Waals surface area contributed by atoms with Crippen LogP contribution in [0.15, 0.2) is 22.7 Å². The molecule has 1 saturated carbocycles. The maximum absolute atomic E-state index is 13.3. The van der Waals surface area contributed by atoms with E-state index < -0.39 is 0 Å². The van der Waals surface area contributed by atoms with Gasteiger partial charge in [-0.25, -0.2) is 4.39 Å². The van der Waals surface area contributed by atoms with Crippen LogP contribution in [0.4, 0.5) is 4.39 Å². The van der Waals surface area contributed by atoms with Crippen LogP contribution >= 0.6 is 15.9 Å². The highest BCUT2D eigenvalue weighted by molar-refractivity contribution is 9.10. The second-order valence-electron chi connectivity index (χ2n) is 5.18. The Hall–Kier alpha value is -0.410. The van der Waals surface area contributed by atoms with Gasteiger partial charge in [-0.3, -0.25) is 0 Å². The van der Waals surface area contributed by atoms with Crippen LogP contribution < -0.4 is 5.32 Å². The highest BCUT2D eigenvalue weighted by Gasteiger charge is 2.12. The molecule has 0 atom stereocenters. The van der Waals surface area contributed by atoms with Gasteiger partial charge in [-0.05, 0) is 46.4 Å². The summed E-state index contributed by atoms with van der Waals surface area (Å²) < 4.78 is 13.9. The van der Waals surface area contributed by atoms with Gasteiger partial charge in [0.1, 0.15) is 5.82 Å². The third-order valence-corrected chi connectivity index (χ3v) is 4.69. The molecule has 0 radical (unpaired) electrons. The van der Waals surface area contributed by atoms with Crippen LogP contribution in [0.5, 0.6) is 0 Å². The first-order chi connectivity index (χ1) is 8.77. The average molecular weight is 314 g/mol. The van der Waals surface area contributed by atoms with Gasteiger partial charge in [-0.2, -0.15) is 0 Å². The third kappa shape index (κ3) is 4.06. The van der Waals surface area contributed by atoms with Gasteiger partial charge in [-0.1, -0.05) is 44.2 Å².